The van der Waals surface area contributed by atoms with Gasteiger partial charge in [0.25, 0.3) is 0 Å². The van der Waals surface area contributed by atoms with Crippen LogP contribution in [0.4, 0.5) is 0 Å². The first kappa shape index (κ1) is 15.2. The zero-order chi connectivity index (χ0) is 9.40. The van der Waals surface area contributed by atoms with Crippen LogP contribution in [0.3, 0.4) is 0 Å². The summed E-state index contributed by atoms with van der Waals surface area (Å²) >= 11 is 0. The number of methoxy groups -OCH3 is 1. The van der Waals surface area contributed by atoms with Gasteiger partial charge in [-0.3, -0.25) is 4.79 Å². The monoisotopic (exact) mass is 211 g/mol. The van der Waals surface area contributed by atoms with Gasteiger partial charge in [0.05, 0.1) is 13.7 Å². The van der Waals surface area contributed by atoms with E-state index in [1.807, 2.05) is 0 Å². The molecule has 0 spiro atoms. The van der Waals surface area contributed by atoms with E-state index in [9.17, 15) is 4.79 Å². The summed E-state index contributed by atoms with van der Waals surface area (Å²) in [7, 11) is 1.31. The molecule has 0 aromatic rings. The summed E-state index contributed by atoms with van der Waals surface area (Å²) in [5.41, 5.74) is 0. The Hall–Kier alpha value is -0.320. The minimum absolute atomic E-state index is 0. The summed E-state index contributed by atoms with van der Waals surface area (Å²) in [4.78, 5) is 10.9. The normalized spacial score (nSPS) is 11.6. The molecule has 0 unspecified atom stereocenters. The number of rotatable bonds is 6. The number of carbonyl (C=O) groups excluding carboxylic acids is 1. The lowest BCUT2D eigenvalue weighted by Crippen LogP contribution is -2.41. The van der Waals surface area contributed by atoms with Crippen molar-refractivity contribution in [3.05, 3.63) is 0 Å². The lowest BCUT2D eigenvalue weighted by atomic mass is 10.3. The molecule has 0 saturated carbocycles. The number of nitrogens with one attached hydrogen (secondary N) is 1. The molecule has 1 atom stereocenters. The van der Waals surface area contributed by atoms with Gasteiger partial charge in [0.2, 0.25) is 0 Å². The zero-order valence-electron chi connectivity index (χ0n) is 8.08. The zero-order valence-corrected chi connectivity index (χ0v) is 8.89. The SMILES string of the molecule is CCCCN[C@@H](CO)C(=O)OC.Cl. The Morgan fingerprint density at radius 1 is 1.62 bits per heavy atom. The highest BCUT2D eigenvalue weighted by molar-refractivity contribution is 5.85. The third kappa shape index (κ3) is 6.81. The lowest BCUT2D eigenvalue weighted by molar-refractivity contribution is -0.144. The van der Waals surface area contributed by atoms with Gasteiger partial charge in [-0.15, -0.1) is 12.4 Å². The summed E-state index contributed by atoms with van der Waals surface area (Å²) in [5, 5.41) is 11.7. The molecule has 4 nitrogen and oxygen atoms in total. The average molecular weight is 212 g/mol. The van der Waals surface area contributed by atoms with Gasteiger partial charge in [-0.25, -0.2) is 0 Å². The van der Waals surface area contributed by atoms with Crippen molar-refractivity contribution in [3.8, 4) is 0 Å². The van der Waals surface area contributed by atoms with E-state index >= 15 is 0 Å². The summed E-state index contributed by atoms with van der Waals surface area (Å²) in [6.45, 7) is 2.58. The van der Waals surface area contributed by atoms with Crippen molar-refractivity contribution in [2.45, 2.75) is 25.8 Å². The van der Waals surface area contributed by atoms with Crippen LogP contribution in [0.1, 0.15) is 19.8 Å². The summed E-state index contributed by atoms with van der Waals surface area (Å²) in [5.74, 6) is -0.409. The van der Waals surface area contributed by atoms with Crippen LogP contribution in [-0.2, 0) is 9.53 Å². The maximum atomic E-state index is 10.9. The number of unbranched alkanes of at least 4 members (excludes halogenated alkanes) is 1. The molecule has 0 heterocycles. The van der Waals surface area contributed by atoms with E-state index < -0.39 is 12.0 Å². The second kappa shape index (κ2) is 9.77. The molecule has 80 valence electrons. The Morgan fingerprint density at radius 2 is 2.23 bits per heavy atom. The maximum Gasteiger partial charge on any atom is 0.325 e. The lowest BCUT2D eigenvalue weighted by Gasteiger charge is -2.12. The van der Waals surface area contributed by atoms with Crippen molar-refractivity contribution in [1.82, 2.24) is 5.32 Å². The number of esters is 1. The second-order valence-electron chi connectivity index (χ2n) is 2.57. The van der Waals surface area contributed by atoms with Gasteiger partial charge in [-0.05, 0) is 13.0 Å². The number of carbonyl (C=O) groups is 1. The van der Waals surface area contributed by atoms with E-state index in [4.69, 9.17) is 5.11 Å². The van der Waals surface area contributed by atoms with Crippen LogP contribution in [0.15, 0.2) is 0 Å². The third-order valence-electron chi connectivity index (χ3n) is 1.59. The highest BCUT2D eigenvalue weighted by Crippen LogP contribution is 1.89. The van der Waals surface area contributed by atoms with Crippen molar-refractivity contribution in [2.75, 3.05) is 20.3 Å². The number of aliphatic hydroxyl groups excluding tert-OH is 1. The van der Waals surface area contributed by atoms with Crippen LogP contribution in [0, 0.1) is 0 Å². The van der Waals surface area contributed by atoms with Crippen LogP contribution in [0.25, 0.3) is 0 Å². The van der Waals surface area contributed by atoms with Crippen LogP contribution >= 0.6 is 12.4 Å². The quantitative estimate of drug-likeness (QED) is 0.491. The number of aliphatic hydroxyl groups is 1. The predicted molar refractivity (Wildman–Crippen MR) is 53.0 cm³/mol. The molecule has 0 fully saturated rings. The molecule has 0 amide bonds. The van der Waals surface area contributed by atoms with Gasteiger partial charge in [-0.2, -0.15) is 0 Å². The molecule has 0 aromatic heterocycles. The summed E-state index contributed by atoms with van der Waals surface area (Å²) in [6.07, 6.45) is 2.06. The minimum Gasteiger partial charge on any atom is -0.468 e. The molecule has 5 heteroatoms. The molecule has 0 saturated heterocycles. The highest BCUT2D eigenvalue weighted by Gasteiger charge is 2.15. The van der Waals surface area contributed by atoms with Gasteiger partial charge in [-0.1, -0.05) is 13.3 Å². The van der Waals surface area contributed by atoms with Crippen molar-refractivity contribution in [1.29, 1.82) is 0 Å². The Balaban J connectivity index is 0. The van der Waals surface area contributed by atoms with E-state index in [2.05, 4.69) is 17.0 Å². The van der Waals surface area contributed by atoms with E-state index in [-0.39, 0.29) is 19.0 Å². The Morgan fingerprint density at radius 3 is 2.62 bits per heavy atom. The fraction of sp³-hybridized carbons (Fsp3) is 0.875. The first-order valence-corrected chi connectivity index (χ1v) is 4.18. The van der Waals surface area contributed by atoms with E-state index in [1.54, 1.807) is 0 Å². The maximum absolute atomic E-state index is 10.9. The predicted octanol–water partition coefficient (Wildman–Crippen LogP) is 0.332. The minimum atomic E-state index is -0.568. The largest absolute Gasteiger partial charge is 0.468 e. The van der Waals surface area contributed by atoms with Crippen LogP contribution in [0.5, 0.6) is 0 Å². The van der Waals surface area contributed by atoms with E-state index in [1.165, 1.54) is 7.11 Å². The van der Waals surface area contributed by atoms with E-state index in [0.29, 0.717) is 0 Å². The fourth-order valence-electron chi connectivity index (χ4n) is 0.818. The first-order chi connectivity index (χ1) is 5.76. The van der Waals surface area contributed by atoms with Crippen molar-refractivity contribution in [2.24, 2.45) is 0 Å². The molecule has 2 N–H and O–H groups in total. The number of halogens is 1. The molecule has 13 heavy (non-hydrogen) atoms. The number of hydrogen-bond donors (Lipinski definition) is 2. The summed E-state index contributed by atoms with van der Waals surface area (Å²) in [6, 6.07) is -0.568. The van der Waals surface area contributed by atoms with Crippen LogP contribution in [-0.4, -0.2) is 37.4 Å². The second-order valence-corrected chi connectivity index (χ2v) is 2.57. The van der Waals surface area contributed by atoms with Gasteiger partial charge >= 0.3 is 5.97 Å². The van der Waals surface area contributed by atoms with Gasteiger partial charge in [0.1, 0.15) is 6.04 Å². The topological polar surface area (TPSA) is 58.6 Å². The Kier molecular flexibility index (Phi) is 11.4. The Bertz CT molecular complexity index is 133. The molecular weight excluding hydrogens is 194 g/mol. The molecule has 0 rings (SSSR count). The van der Waals surface area contributed by atoms with Gasteiger partial charge in [0.15, 0.2) is 0 Å². The number of hydrogen-bond acceptors (Lipinski definition) is 4. The Labute approximate surface area is 85.1 Å². The van der Waals surface area contributed by atoms with Crippen LogP contribution < -0.4 is 5.32 Å². The average Bonchev–Trinajstić information content (AvgIpc) is 2.11. The van der Waals surface area contributed by atoms with Gasteiger partial charge in [0, 0.05) is 0 Å². The fourth-order valence-corrected chi connectivity index (χ4v) is 0.818. The molecular formula is C8H18ClNO3. The molecule has 0 aliphatic heterocycles. The molecule has 0 radical (unpaired) electrons. The highest BCUT2D eigenvalue weighted by atomic mass is 35.5. The van der Waals surface area contributed by atoms with Gasteiger partial charge < -0.3 is 15.2 Å². The first-order valence-electron chi connectivity index (χ1n) is 4.18. The molecule has 0 aromatic carbocycles. The summed E-state index contributed by atoms with van der Waals surface area (Å²) < 4.78 is 4.47. The third-order valence-corrected chi connectivity index (χ3v) is 1.59. The molecule has 0 aliphatic carbocycles. The van der Waals surface area contributed by atoms with Crippen molar-refractivity contribution < 1.29 is 14.6 Å². The standard InChI is InChI=1S/C8H17NO3.ClH/c1-3-4-5-9-7(6-10)8(11)12-2;/h7,9-10H,3-6H2,1-2H3;1H/t7-;/m0./s1. The number of ether oxygens (including phenoxy) is 1. The molecule has 0 bridgehead atoms. The molecule has 0 aliphatic rings. The smallest absolute Gasteiger partial charge is 0.325 e. The van der Waals surface area contributed by atoms with Crippen LogP contribution in [0.2, 0.25) is 0 Å². The van der Waals surface area contributed by atoms with Crippen molar-refractivity contribution >= 4 is 18.4 Å². The van der Waals surface area contributed by atoms with E-state index in [0.717, 1.165) is 19.4 Å². The van der Waals surface area contributed by atoms with Crippen molar-refractivity contribution in [3.63, 3.8) is 0 Å².